The minimum Gasteiger partial charge on any atom is -0.383 e. The summed E-state index contributed by atoms with van der Waals surface area (Å²) < 4.78 is 5.96. The van der Waals surface area contributed by atoms with Gasteiger partial charge in [-0.3, -0.25) is 4.79 Å². The summed E-state index contributed by atoms with van der Waals surface area (Å²) in [4.78, 5) is 11.7. The van der Waals surface area contributed by atoms with Crippen LogP contribution in [0.15, 0.2) is 28.7 Å². The van der Waals surface area contributed by atoms with E-state index in [0.29, 0.717) is 26.2 Å². The average Bonchev–Trinajstić information content (AvgIpc) is 2.41. The van der Waals surface area contributed by atoms with Gasteiger partial charge in [0.05, 0.1) is 13.2 Å². The second kappa shape index (κ2) is 8.39. The number of amides is 1. The maximum absolute atomic E-state index is 11.7. The van der Waals surface area contributed by atoms with Gasteiger partial charge in [0, 0.05) is 30.1 Å². The lowest BCUT2D eigenvalue weighted by Crippen LogP contribution is -2.41. The predicted octanol–water partition coefficient (Wildman–Crippen LogP) is 2.08. The molecule has 5 heteroatoms. The maximum Gasteiger partial charge on any atom is 0.233 e. The number of halogens is 1. The van der Waals surface area contributed by atoms with Gasteiger partial charge in [-0.15, -0.1) is 0 Å². The minimum atomic E-state index is -0.105. The second-order valence-corrected chi connectivity index (χ2v) is 6.26. The number of hydrogen-bond donors (Lipinski definition) is 2. The van der Waals surface area contributed by atoms with Gasteiger partial charge in [-0.1, -0.05) is 41.9 Å². The van der Waals surface area contributed by atoms with Crippen LogP contribution in [0.1, 0.15) is 19.4 Å². The normalized spacial score (nSPS) is 11.4. The molecule has 0 bridgehead atoms. The van der Waals surface area contributed by atoms with Crippen LogP contribution in [-0.4, -0.2) is 39.3 Å². The Morgan fingerprint density at radius 1 is 1.40 bits per heavy atom. The first kappa shape index (κ1) is 17.1. The molecular weight excluding hydrogens is 320 g/mol. The highest BCUT2D eigenvalue weighted by Gasteiger charge is 2.21. The summed E-state index contributed by atoms with van der Waals surface area (Å²) >= 11 is 3.47. The highest BCUT2D eigenvalue weighted by Crippen LogP contribution is 2.24. The van der Waals surface area contributed by atoms with Gasteiger partial charge in [0.15, 0.2) is 0 Å². The van der Waals surface area contributed by atoms with Gasteiger partial charge in [-0.25, -0.2) is 0 Å². The number of ether oxygens (including phenoxy) is 1. The maximum atomic E-state index is 11.7. The van der Waals surface area contributed by atoms with Crippen molar-refractivity contribution in [3.8, 4) is 0 Å². The molecule has 112 valence electrons. The average molecular weight is 343 g/mol. The molecule has 0 atom stereocenters. The third-order valence-corrected chi connectivity index (χ3v) is 3.60. The molecule has 0 aromatic heterocycles. The lowest BCUT2D eigenvalue weighted by atomic mass is 9.84. The zero-order valence-electron chi connectivity index (χ0n) is 12.3. The van der Waals surface area contributed by atoms with Crippen LogP contribution >= 0.6 is 15.9 Å². The van der Waals surface area contributed by atoms with Gasteiger partial charge in [-0.2, -0.15) is 0 Å². The monoisotopic (exact) mass is 342 g/mol. The van der Waals surface area contributed by atoms with Crippen LogP contribution in [0.3, 0.4) is 0 Å². The molecule has 0 radical (unpaired) electrons. The Hall–Kier alpha value is -0.910. The molecule has 1 rings (SSSR count). The Morgan fingerprint density at radius 2 is 2.15 bits per heavy atom. The van der Waals surface area contributed by atoms with Gasteiger partial charge in [0.1, 0.15) is 0 Å². The number of carbonyl (C=O) groups excluding carboxylic acids is 1. The molecule has 1 aromatic rings. The van der Waals surface area contributed by atoms with E-state index in [1.807, 2.05) is 12.1 Å². The summed E-state index contributed by atoms with van der Waals surface area (Å²) in [6, 6.07) is 8.17. The number of carbonyl (C=O) groups is 1. The van der Waals surface area contributed by atoms with Crippen molar-refractivity contribution in [2.45, 2.75) is 19.3 Å². The van der Waals surface area contributed by atoms with Crippen LogP contribution in [0.5, 0.6) is 0 Å². The van der Waals surface area contributed by atoms with Crippen molar-refractivity contribution >= 4 is 21.8 Å². The third-order valence-electron chi connectivity index (χ3n) is 3.10. The van der Waals surface area contributed by atoms with Crippen LogP contribution in [0.25, 0.3) is 0 Å². The fourth-order valence-corrected chi connectivity index (χ4v) is 2.17. The molecule has 2 N–H and O–H groups in total. The van der Waals surface area contributed by atoms with E-state index in [1.165, 1.54) is 5.56 Å². The standard InChI is InChI=1S/C15H23BrN2O2/c1-15(2,12-5-4-6-13(16)9-12)11-18-14(19)10-17-7-8-20-3/h4-6,9,17H,7-8,10-11H2,1-3H3,(H,18,19). The molecule has 1 amide bonds. The fraction of sp³-hybridized carbons (Fsp3) is 0.533. The molecule has 4 nitrogen and oxygen atoms in total. The van der Waals surface area contributed by atoms with Gasteiger partial charge in [0.25, 0.3) is 0 Å². The van der Waals surface area contributed by atoms with Gasteiger partial charge >= 0.3 is 0 Å². The summed E-state index contributed by atoms with van der Waals surface area (Å²) in [6.07, 6.45) is 0. The van der Waals surface area contributed by atoms with Crippen molar-refractivity contribution in [1.82, 2.24) is 10.6 Å². The van der Waals surface area contributed by atoms with Crippen LogP contribution in [0.2, 0.25) is 0 Å². The number of nitrogens with one attached hydrogen (secondary N) is 2. The molecule has 0 aliphatic carbocycles. The summed E-state index contributed by atoms with van der Waals surface area (Å²) in [5.41, 5.74) is 1.09. The van der Waals surface area contributed by atoms with E-state index >= 15 is 0 Å². The van der Waals surface area contributed by atoms with Crippen molar-refractivity contribution in [3.63, 3.8) is 0 Å². The predicted molar refractivity (Wildman–Crippen MR) is 84.9 cm³/mol. The summed E-state index contributed by atoms with van der Waals surface area (Å²) in [5, 5.41) is 5.99. The molecule has 0 aliphatic rings. The quantitative estimate of drug-likeness (QED) is 0.711. The first-order valence-corrected chi connectivity index (χ1v) is 7.47. The smallest absolute Gasteiger partial charge is 0.233 e. The highest BCUT2D eigenvalue weighted by atomic mass is 79.9. The highest BCUT2D eigenvalue weighted by molar-refractivity contribution is 9.10. The number of benzene rings is 1. The molecule has 20 heavy (non-hydrogen) atoms. The minimum absolute atomic E-state index is 0.00387. The van der Waals surface area contributed by atoms with Crippen molar-refractivity contribution in [3.05, 3.63) is 34.3 Å². The molecule has 0 heterocycles. The number of hydrogen-bond acceptors (Lipinski definition) is 3. The largest absolute Gasteiger partial charge is 0.383 e. The van der Waals surface area contributed by atoms with E-state index < -0.39 is 0 Å². The lowest BCUT2D eigenvalue weighted by Gasteiger charge is -2.26. The first-order valence-electron chi connectivity index (χ1n) is 6.68. The Labute approximate surface area is 129 Å². The first-order chi connectivity index (χ1) is 9.45. The molecule has 0 spiro atoms. The zero-order chi connectivity index (χ0) is 15.0. The number of rotatable bonds is 8. The lowest BCUT2D eigenvalue weighted by molar-refractivity contribution is -0.120. The van der Waals surface area contributed by atoms with Crippen molar-refractivity contribution < 1.29 is 9.53 Å². The third kappa shape index (κ3) is 6.03. The van der Waals surface area contributed by atoms with Gasteiger partial charge < -0.3 is 15.4 Å². The Morgan fingerprint density at radius 3 is 2.80 bits per heavy atom. The molecule has 0 unspecified atom stereocenters. The number of methoxy groups -OCH3 is 1. The van der Waals surface area contributed by atoms with Crippen molar-refractivity contribution in [1.29, 1.82) is 0 Å². The van der Waals surface area contributed by atoms with Crippen LogP contribution in [0.4, 0.5) is 0 Å². The second-order valence-electron chi connectivity index (χ2n) is 5.34. The van der Waals surface area contributed by atoms with E-state index in [0.717, 1.165) is 4.47 Å². The fourth-order valence-electron chi connectivity index (χ4n) is 1.77. The topological polar surface area (TPSA) is 50.4 Å². The Kier molecular flexibility index (Phi) is 7.19. The molecule has 0 saturated carbocycles. The van der Waals surface area contributed by atoms with E-state index in [4.69, 9.17) is 4.74 Å². The molecule has 0 aliphatic heterocycles. The Bertz CT molecular complexity index is 436. The molecule has 1 aromatic carbocycles. The molecule has 0 fully saturated rings. The SMILES string of the molecule is COCCNCC(=O)NCC(C)(C)c1cccc(Br)c1. The molecule has 0 saturated heterocycles. The van der Waals surface area contributed by atoms with Crippen LogP contribution in [-0.2, 0) is 14.9 Å². The van der Waals surface area contributed by atoms with Crippen molar-refractivity contribution in [2.24, 2.45) is 0 Å². The van der Waals surface area contributed by atoms with E-state index in [2.05, 4.69) is 52.5 Å². The zero-order valence-corrected chi connectivity index (χ0v) is 13.9. The summed E-state index contributed by atoms with van der Waals surface area (Å²) in [6.45, 7) is 6.45. The Balaban J connectivity index is 2.41. The van der Waals surface area contributed by atoms with E-state index in [9.17, 15) is 4.79 Å². The van der Waals surface area contributed by atoms with E-state index in [-0.39, 0.29) is 11.3 Å². The van der Waals surface area contributed by atoms with Gasteiger partial charge in [0.2, 0.25) is 5.91 Å². The van der Waals surface area contributed by atoms with Crippen molar-refractivity contribution in [2.75, 3.05) is 33.4 Å². The van der Waals surface area contributed by atoms with Crippen LogP contribution < -0.4 is 10.6 Å². The molecular formula is C15H23BrN2O2. The van der Waals surface area contributed by atoms with E-state index in [1.54, 1.807) is 7.11 Å². The van der Waals surface area contributed by atoms with Gasteiger partial charge in [-0.05, 0) is 17.7 Å². The summed E-state index contributed by atoms with van der Waals surface area (Å²) in [7, 11) is 1.64. The van der Waals surface area contributed by atoms with Crippen LogP contribution in [0, 0.1) is 0 Å². The summed E-state index contributed by atoms with van der Waals surface area (Å²) in [5.74, 6) is 0.00387.